The summed E-state index contributed by atoms with van der Waals surface area (Å²) in [5.41, 5.74) is 2.94. The molecule has 2 aromatic rings. The van der Waals surface area contributed by atoms with Crippen LogP contribution >= 0.6 is 11.6 Å². The van der Waals surface area contributed by atoms with Gasteiger partial charge in [-0.15, -0.1) is 0 Å². The van der Waals surface area contributed by atoms with E-state index in [1.54, 1.807) is 6.07 Å². The summed E-state index contributed by atoms with van der Waals surface area (Å²) in [5, 5.41) is 10.2. The quantitative estimate of drug-likeness (QED) is 0.922. The maximum absolute atomic E-state index is 13.4. The van der Waals surface area contributed by atoms with Crippen LogP contribution in [0.2, 0.25) is 5.02 Å². The Morgan fingerprint density at radius 3 is 2.90 bits per heavy atom. The van der Waals surface area contributed by atoms with Crippen molar-refractivity contribution in [1.82, 2.24) is 0 Å². The molecule has 1 unspecified atom stereocenters. The minimum atomic E-state index is -0.693. The molecule has 1 heterocycles. The van der Waals surface area contributed by atoms with Crippen LogP contribution < -0.4 is 4.74 Å². The van der Waals surface area contributed by atoms with Gasteiger partial charge >= 0.3 is 0 Å². The first-order valence-corrected chi connectivity index (χ1v) is 7.39. The molecule has 3 rings (SSSR count). The van der Waals surface area contributed by atoms with E-state index in [1.165, 1.54) is 17.7 Å². The van der Waals surface area contributed by atoms with E-state index in [9.17, 15) is 9.50 Å². The average molecular weight is 307 g/mol. The van der Waals surface area contributed by atoms with Crippen molar-refractivity contribution in [2.24, 2.45) is 0 Å². The molecular weight excluding hydrogens is 291 g/mol. The fourth-order valence-corrected chi connectivity index (χ4v) is 2.70. The molecule has 1 N–H and O–H groups in total. The maximum Gasteiger partial charge on any atom is 0.142 e. The van der Waals surface area contributed by atoms with E-state index < -0.39 is 11.9 Å². The zero-order valence-electron chi connectivity index (χ0n) is 11.5. The molecule has 0 saturated carbocycles. The van der Waals surface area contributed by atoms with Crippen molar-refractivity contribution in [3.8, 4) is 5.75 Å². The van der Waals surface area contributed by atoms with Crippen LogP contribution in [0.1, 0.15) is 29.2 Å². The summed E-state index contributed by atoms with van der Waals surface area (Å²) in [6.45, 7) is 0.742. The van der Waals surface area contributed by atoms with E-state index in [4.69, 9.17) is 16.3 Å². The minimum Gasteiger partial charge on any atom is -0.493 e. The van der Waals surface area contributed by atoms with Gasteiger partial charge in [-0.05, 0) is 47.7 Å². The topological polar surface area (TPSA) is 29.5 Å². The Morgan fingerprint density at radius 2 is 2.10 bits per heavy atom. The number of rotatable bonds is 4. The van der Waals surface area contributed by atoms with Crippen LogP contribution in [0.5, 0.6) is 5.75 Å². The lowest BCUT2D eigenvalue weighted by molar-refractivity contribution is 0.167. The highest BCUT2D eigenvalue weighted by Crippen LogP contribution is 2.28. The minimum absolute atomic E-state index is 0.0737. The predicted octanol–water partition coefficient (Wildman–Crippen LogP) is 4.08. The Bertz CT molecular complexity index is 657. The molecule has 1 atom stereocenters. The van der Waals surface area contributed by atoms with Crippen molar-refractivity contribution < 1.29 is 14.2 Å². The number of aryl methyl sites for hydroxylation is 1. The van der Waals surface area contributed by atoms with E-state index in [-0.39, 0.29) is 5.02 Å². The van der Waals surface area contributed by atoms with Gasteiger partial charge in [-0.3, -0.25) is 0 Å². The van der Waals surface area contributed by atoms with Crippen LogP contribution in [-0.4, -0.2) is 11.7 Å². The fraction of sp³-hybridized carbons (Fsp3) is 0.294. The summed E-state index contributed by atoms with van der Waals surface area (Å²) >= 11 is 5.64. The number of halogens is 2. The van der Waals surface area contributed by atoms with Gasteiger partial charge in [-0.25, -0.2) is 4.39 Å². The molecule has 0 bridgehead atoms. The Morgan fingerprint density at radius 1 is 1.24 bits per heavy atom. The zero-order chi connectivity index (χ0) is 14.8. The van der Waals surface area contributed by atoms with Crippen molar-refractivity contribution in [2.75, 3.05) is 6.61 Å². The van der Waals surface area contributed by atoms with Crippen LogP contribution in [0, 0.1) is 5.82 Å². The molecule has 0 amide bonds. The lowest BCUT2D eigenvalue weighted by Gasteiger charge is -2.12. The standard InChI is InChI=1S/C17H16ClFO2/c18-14-4-3-12(10-15(14)19)16(20)5-1-11-2-6-17-13(9-11)7-8-21-17/h2-4,6,9-10,16,20H,1,5,7-8H2. The summed E-state index contributed by atoms with van der Waals surface area (Å²) in [5.74, 6) is 0.460. The third-order valence-electron chi connectivity index (χ3n) is 3.79. The van der Waals surface area contributed by atoms with Crippen molar-refractivity contribution in [1.29, 1.82) is 0 Å². The number of aliphatic hydroxyl groups is 1. The molecule has 2 nitrogen and oxygen atoms in total. The summed E-state index contributed by atoms with van der Waals surface area (Å²) in [6.07, 6.45) is 1.52. The van der Waals surface area contributed by atoms with Gasteiger partial charge in [0.2, 0.25) is 0 Å². The van der Waals surface area contributed by atoms with Gasteiger partial charge in [-0.1, -0.05) is 29.8 Å². The van der Waals surface area contributed by atoms with Gasteiger partial charge in [-0.2, -0.15) is 0 Å². The highest BCUT2D eigenvalue weighted by atomic mass is 35.5. The van der Waals surface area contributed by atoms with E-state index >= 15 is 0 Å². The molecule has 0 spiro atoms. The van der Waals surface area contributed by atoms with E-state index in [0.29, 0.717) is 12.0 Å². The number of ether oxygens (including phenoxy) is 1. The maximum atomic E-state index is 13.4. The second kappa shape index (κ2) is 6.04. The number of fused-ring (bicyclic) bond motifs is 1. The molecule has 0 fully saturated rings. The average Bonchev–Trinajstić information content (AvgIpc) is 2.95. The largest absolute Gasteiger partial charge is 0.493 e. The molecule has 1 aliphatic heterocycles. The van der Waals surface area contributed by atoms with Crippen molar-refractivity contribution in [3.05, 3.63) is 63.9 Å². The molecule has 2 aromatic carbocycles. The Kier molecular flexibility index (Phi) is 4.13. The first-order valence-electron chi connectivity index (χ1n) is 7.01. The summed E-state index contributed by atoms with van der Waals surface area (Å²) < 4.78 is 18.9. The summed E-state index contributed by atoms with van der Waals surface area (Å²) in [4.78, 5) is 0. The van der Waals surface area contributed by atoms with Crippen LogP contribution in [0.15, 0.2) is 36.4 Å². The smallest absolute Gasteiger partial charge is 0.142 e. The second-order valence-electron chi connectivity index (χ2n) is 5.27. The monoisotopic (exact) mass is 306 g/mol. The molecule has 0 aromatic heterocycles. The number of aliphatic hydroxyl groups excluding tert-OH is 1. The van der Waals surface area contributed by atoms with Crippen molar-refractivity contribution in [3.63, 3.8) is 0 Å². The molecule has 4 heteroatoms. The first kappa shape index (κ1) is 14.4. The summed E-state index contributed by atoms with van der Waals surface area (Å²) in [6, 6.07) is 10.5. The van der Waals surface area contributed by atoms with E-state index in [0.717, 1.165) is 30.8 Å². The number of hydrogen-bond donors (Lipinski definition) is 1. The van der Waals surface area contributed by atoms with E-state index in [1.807, 2.05) is 12.1 Å². The lowest BCUT2D eigenvalue weighted by atomic mass is 9.99. The number of benzene rings is 2. The Balaban J connectivity index is 1.65. The van der Waals surface area contributed by atoms with E-state index in [2.05, 4.69) is 6.07 Å². The second-order valence-corrected chi connectivity index (χ2v) is 5.68. The van der Waals surface area contributed by atoms with Gasteiger partial charge in [0.15, 0.2) is 0 Å². The third kappa shape index (κ3) is 3.20. The third-order valence-corrected chi connectivity index (χ3v) is 4.10. The normalized spacial score (nSPS) is 14.6. The highest BCUT2D eigenvalue weighted by Gasteiger charge is 2.14. The van der Waals surface area contributed by atoms with Crippen LogP contribution in [0.4, 0.5) is 4.39 Å². The van der Waals surface area contributed by atoms with Crippen LogP contribution in [-0.2, 0) is 12.8 Å². The van der Waals surface area contributed by atoms with Gasteiger partial charge in [0, 0.05) is 6.42 Å². The Labute approximate surface area is 128 Å². The lowest BCUT2D eigenvalue weighted by Crippen LogP contribution is -2.00. The molecule has 21 heavy (non-hydrogen) atoms. The van der Waals surface area contributed by atoms with Crippen molar-refractivity contribution in [2.45, 2.75) is 25.4 Å². The first-order chi connectivity index (χ1) is 10.1. The summed E-state index contributed by atoms with van der Waals surface area (Å²) in [7, 11) is 0. The van der Waals surface area contributed by atoms with Gasteiger partial charge in [0.25, 0.3) is 0 Å². The van der Waals surface area contributed by atoms with Gasteiger partial charge in [0.1, 0.15) is 11.6 Å². The SMILES string of the molecule is OC(CCc1ccc2c(c1)CCO2)c1ccc(Cl)c(F)c1. The van der Waals surface area contributed by atoms with Crippen molar-refractivity contribution >= 4 is 11.6 Å². The molecule has 1 aliphatic rings. The van der Waals surface area contributed by atoms with Crippen LogP contribution in [0.25, 0.3) is 0 Å². The predicted molar refractivity (Wildman–Crippen MR) is 80.3 cm³/mol. The highest BCUT2D eigenvalue weighted by molar-refractivity contribution is 6.30. The Hall–Kier alpha value is -1.58. The molecular formula is C17H16ClFO2. The molecule has 0 aliphatic carbocycles. The molecule has 110 valence electrons. The van der Waals surface area contributed by atoms with Crippen LogP contribution in [0.3, 0.4) is 0 Å². The van der Waals surface area contributed by atoms with Gasteiger partial charge in [0.05, 0.1) is 17.7 Å². The van der Waals surface area contributed by atoms with Gasteiger partial charge < -0.3 is 9.84 Å². The molecule has 0 saturated heterocycles. The zero-order valence-corrected chi connectivity index (χ0v) is 12.2. The fourth-order valence-electron chi connectivity index (χ4n) is 2.59. The number of hydrogen-bond acceptors (Lipinski definition) is 2. The molecule has 0 radical (unpaired) electrons.